The summed E-state index contributed by atoms with van der Waals surface area (Å²) in [5, 5.41) is 12.2. The fourth-order valence-electron chi connectivity index (χ4n) is 1.35. The van der Waals surface area contributed by atoms with Crippen molar-refractivity contribution < 1.29 is 9.50 Å². The third-order valence-corrected chi connectivity index (χ3v) is 1.95. The van der Waals surface area contributed by atoms with Crippen molar-refractivity contribution in [2.24, 2.45) is 0 Å². The summed E-state index contributed by atoms with van der Waals surface area (Å²) >= 11 is 0. The molecule has 0 fully saturated rings. The Morgan fingerprint density at radius 1 is 1.25 bits per heavy atom. The smallest absolute Gasteiger partial charge is 0.128 e. The summed E-state index contributed by atoms with van der Waals surface area (Å²) in [5.41, 5.74) is 1.30. The molecule has 66 valence electrons. The second-order valence-corrected chi connectivity index (χ2v) is 2.63. The monoisotopic (exact) mass is 189 g/mol. The summed E-state index contributed by atoms with van der Waals surface area (Å²) in [4.78, 5) is 0. The minimum Gasteiger partial charge on any atom is -0.508 e. The van der Waals surface area contributed by atoms with Crippen LogP contribution in [-0.2, 0) is 13.1 Å². The maximum atomic E-state index is 12.9. The predicted molar refractivity (Wildman–Crippen MR) is 45.9 cm³/mol. The van der Waals surface area contributed by atoms with Gasteiger partial charge in [0.15, 0.2) is 0 Å². The van der Waals surface area contributed by atoms with Gasteiger partial charge in [0.05, 0.1) is 0 Å². The first-order chi connectivity index (χ1) is 5.29. The van der Waals surface area contributed by atoms with Crippen LogP contribution in [0.15, 0.2) is 12.1 Å². The number of rotatable bonds is 0. The number of fused-ring (bicyclic) bond motifs is 1. The minimum atomic E-state index is -0.234. The van der Waals surface area contributed by atoms with E-state index in [1.807, 2.05) is 0 Å². The van der Waals surface area contributed by atoms with Crippen molar-refractivity contribution in [3.05, 3.63) is 29.1 Å². The highest BCUT2D eigenvalue weighted by Gasteiger charge is 2.17. The highest BCUT2D eigenvalue weighted by atomic mass is 35.5. The first-order valence-corrected chi connectivity index (χ1v) is 3.49. The lowest BCUT2D eigenvalue weighted by Crippen LogP contribution is -2.00. The van der Waals surface area contributed by atoms with E-state index in [1.165, 1.54) is 12.1 Å². The molecule has 0 saturated carbocycles. The second-order valence-electron chi connectivity index (χ2n) is 2.63. The van der Waals surface area contributed by atoms with Crippen LogP contribution in [0.2, 0.25) is 0 Å². The SMILES string of the molecule is Cl.Oc1ccc(F)c2c1CNC2. The van der Waals surface area contributed by atoms with Crippen LogP contribution in [-0.4, -0.2) is 5.11 Å². The Morgan fingerprint density at radius 2 is 1.92 bits per heavy atom. The van der Waals surface area contributed by atoms with Gasteiger partial charge in [0, 0.05) is 24.2 Å². The van der Waals surface area contributed by atoms with Crippen molar-refractivity contribution in [3.63, 3.8) is 0 Å². The lowest BCUT2D eigenvalue weighted by atomic mass is 10.1. The van der Waals surface area contributed by atoms with Crippen molar-refractivity contribution >= 4 is 12.4 Å². The molecule has 1 heterocycles. The molecule has 1 aliphatic heterocycles. The first kappa shape index (κ1) is 9.29. The van der Waals surface area contributed by atoms with Gasteiger partial charge in [-0.05, 0) is 12.1 Å². The average Bonchev–Trinajstić information content (AvgIpc) is 2.45. The molecule has 0 saturated heterocycles. The summed E-state index contributed by atoms with van der Waals surface area (Å²) < 4.78 is 12.9. The summed E-state index contributed by atoms with van der Waals surface area (Å²) in [5.74, 6) is -0.0470. The molecular formula is C8H9ClFNO. The van der Waals surface area contributed by atoms with Crippen molar-refractivity contribution in [3.8, 4) is 5.75 Å². The van der Waals surface area contributed by atoms with Gasteiger partial charge >= 0.3 is 0 Å². The van der Waals surface area contributed by atoms with E-state index in [9.17, 15) is 9.50 Å². The fraction of sp³-hybridized carbons (Fsp3) is 0.250. The summed E-state index contributed by atoms with van der Waals surface area (Å²) in [6.07, 6.45) is 0. The molecule has 0 radical (unpaired) electrons. The Hall–Kier alpha value is -0.800. The molecule has 1 aliphatic rings. The normalized spacial score (nSPS) is 13.8. The van der Waals surface area contributed by atoms with Gasteiger partial charge < -0.3 is 10.4 Å². The molecule has 4 heteroatoms. The first-order valence-electron chi connectivity index (χ1n) is 3.49. The highest BCUT2D eigenvalue weighted by molar-refractivity contribution is 5.85. The number of aromatic hydroxyl groups is 1. The van der Waals surface area contributed by atoms with E-state index in [2.05, 4.69) is 5.32 Å². The molecule has 0 spiro atoms. The molecule has 0 unspecified atom stereocenters. The molecule has 1 aromatic carbocycles. The molecule has 2 nitrogen and oxygen atoms in total. The van der Waals surface area contributed by atoms with Gasteiger partial charge in [0.25, 0.3) is 0 Å². The van der Waals surface area contributed by atoms with Gasteiger partial charge in [-0.15, -0.1) is 12.4 Å². The van der Waals surface area contributed by atoms with Crippen LogP contribution in [0.3, 0.4) is 0 Å². The van der Waals surface area contributed by atoms with E-state index >= 15 is 0 Å². The van der Waals surface area contributed by atoms with E-state index in [4.69, 9.17) is 0 Å². The quantitative estimate of drug-likeness (QED) is 0.649. The maximum absolute atomic E-state index is 12.9. The van der Waals surface area contributed by atoms with Crippen LogP contribution in [0.1, 0.15) is 11.1 Å². The molecule has 2 rings (SSSR count). The lowest BCUT2D eigenvalue weighted by molar-refractivity contribution is 0.466. The topological polar surface area (TPSA) is 32.3 Å². The van der Waals surface area contributed by atoms with E-state index in [1.54, 1.807) is 0 Å². The number of hydrogen-bond donors (Lipinski definition) is 2. The van der Waals surface area contributed by atoms with Crippen LogP contribution in [0.4, 0.5) is 4.39 Å². The molecule has 1 aromatic rings. The lowest BCUT2D eigenvalue weighted by Gasteiger charge is -2.00. The molecule has 0 aliphatic carbocycles. The van der Waals surface area contributed by atoms with E-state index in [0.29, 0.717) is 24.2 Å². The zero-order valence-corrected chi connectivity index (χ0v) is 7.12. The Kier molecular flexibility index (Phi) is 2.55. The highest BCUT2D eigenvalue weighted by Crippen LogP contribution is 2.26. The molecule has 0 bridgehead atoms. The van der Waals surface area contributed by atoms with Crippen molar-refractivity contribution in [1.29, 1.82) is 0 Å². The van der Waals surface area contributed by atoms with Gasteiger partial charge in [0.1, 0.15) is 11.6 Å². The van der Waals surface area contributed by atoms with Crippen LogP contribution >= 0.6 is 12.4 Å². The fourth-order valence-corrected chi connectivity index (χ4v) is 1.35. The Balaban J connectivity index is 0.000000720. The molecule has 0 atom stereocenters. The number of benzene rings is 1. The van der Waals surface area contributed by atoms with Gasteiger partial charge in [-0.2, -0.15) is 0 Å². The number of nitrogens with one attached hydrogen (secondary N) is 1. The molecular weight excluding hydrogens is 181 g/mol. The Morgan fingerprint density at radius 3 is 2.58 bits per heavy atom. The summed E-state index contributed by atoms with van der Waals surface area (Å²) in [7, 11) is 0. The standard InChI is InChI=1S/C8H8FNO.ClH/c9-7-1-2-8(11)6-4-10-3-5(6)7;/h1-2,10-11H,3-4H2;1H. The van der Waals surface area contributed by atoms with E-state index < -0.39 is 0 Å². The van der Waals surface area contributed by atoms with Gasteiger partial charge in [-0.25, -0.2) is 4.39 Å². The third-order valence-electron chi connectivity index (χ3n) is 1.95. The number of phenols is 1. The van der Waals surface area contributed by atoms with Crippen LogP contribution in [0.5, 0.6) is 5.75 Å². The maximum Gasteiger partial charge on any atom is 0.128 e. The number of phenolic OH excluding ortho intramolecular Hbond substituents is 1. The van der Waals surface area contributed by atoms with E-state index in [-0.39, 0.29) is 24.0 Å². The third kappa shape index (κ3) is 1.26. The van der Waals surface area contributed by atoms with Crippen molar-refractivity contribution in [1.82, 2.24) is 5.32 Å². The summed E-state index contributed by atoms with van der Waals surface area (Å²) in [6.45, 7) is 1.09. The average molecular weight is 190 g/mol. The minimum absolute atomic E-state index is 0. The zero-order chi connectivity index (χ0) is 7.84. The number of halogens is 2. The molecule has 0 amide bonds. The van der Waals surface area contributed by atoms with Gasteiger partial charge in [-0.3, -0.25) is 0 Å². The summed E-state index contributed by atoms with van der Waals surface area (Å²) in [6, 6.07) is 2.68. The van der Waals surface area contributed by atoms with Gasteiger partial charge in [0.2, 0.25) is 0 Å². The molecule has 12 heavy (non-hydrogen) atoms. The molecule has 0 aromatic heterocycles. The largest absolute Gasteiger partial charge is 0.508 e. The predicted octanol–water partition coefficient (Wildman–Crippen LogP) is 1.56. The molecule has 2 N–H and O–H groups in total. The second kappa shape index (κ2) is 3.29. The van der Waals surface area contributed by atoms with Crippen molar-refractivity contribution in [2.75, 3.05) is 0 Å². The van der Waals surface area contributed by atoms with Gasteiger partial charge in [-0.1, -0.05) is 0 Å². The van der Waals surface area contributed by atoms with E-state index in [0.717, 1.165) is 0 Å². The Bertz CT molecular complexity index is 274. The van der Waals surface area contributed by atoms with Crippen LogP contribution < -0.4 is 5.32 Å². The number of hydrogen-bond acceptors (Lipinski definition) is 2. The van der Waals surface area contributed by atoms with Crippen molar-refractivity contribution in [2.45, 2.75) is 13.1 Å². The van der Waals surface area contributed by atoms with Crippen LogP contribution in [0.25, 0.3) is 0 Å². The Labute approximate surface area is 75.8 Å². The zero-order valence-electron chi connectivity index (χ0n) is 6.30. The van der Waals surface area contributed by atoms with Crippen LogP contribution in [0, 0.1) is 5.82 Å².